The second-order valence-corrected chi connectivity index (χ2v) is 6.88. The van der Waals surface area contributed by atoms with Gasteiger partial charge in [-0.3, -0.25) is 0 Å². The summed E-state index contributed by atoms with van der Waals surface area (Å²) in [6, 6.07) is 3.85. The molecule has 2 aromatic rings. The second kappa shape index (κ2) is 8.51. The van der Waals surface area contributed by atoms with Crippen molar-refractivity contribution in [3.63, 3.8) is 0 Å². The SMILES string of the molecule is COc1ccc(-c2cnc(CNCC3CCCO3)s2)c(OC)c1OC. The largest absolute Gasteiger partial charge is 0.493 e. The molecule has 1 N–H and O–H groups in total. The van der Waals surface area contributed by atoms with Crippen molar-refractivity contribution in [2.75, 3.05) is 34.5 Å². The van der Waals surface area contributed by atoms with Crippen LogP contribution in [0, 0.1) is 0 Å². The van der Waals surface area contributed by atoms with Crippen molar-refractivity contribution in [1.82, 2.24) is 10.3 Å². The highest BCUT2D eigenvalue weighted by Crippen LogP contribution is 2.45. The van der Waals surface area contributed by atoms with Gasteiger partial charge in [-0.2, -0.15) is 0 Å². The van der Waals surface area contributed by atoms with Gasteiger partial charge in [-0.05, 0) is 25.0 Å². The Balaban J connectivity index is 1.72. The molecule has 1 saturated heterocycles. The number of aromatic nitrogens is 1. The molecule has 1 fully saturated rings. The van der Waals surface area contributed by atoms with Crippen molar-refractivity contribution in [1.29, 1.82) is 0 Å². The molecule has 1 aromatic carbocycles. The summed E-state index contributed by atoms with van der Waals surface area (Å²) in [5.74, 6) is 1.89. The van der Waals surface area contributed by atoms with Crippen LogP contribution in [0.15, 0.2) is 18.3 Å². The minimum absolute atomic E-state index is 0.338. The molecule has 136 valence electrons. The summed E-state index contributed by atoms with van der Waals surface area (Å²) in [5, 5.41) is 4.46. The van der Waals surface area contributed by atoms with Gasteiger partial charge in [-0.15, -0.1) is 11.3 Å². The summed E-state index contributed by atoms with van der Waals surface area (Å²) >= 11 is 1.64. The molecule has 6 nitrogen and oxygen atoms in total. The lowest BCUT2D eigenvalue weighted by atomic mass is 10.1. The molecule has 2 heterocycles. The van der Waals surface area contributed by atoms with Crippen LogP contribution >= 0.6 is 11.3 Å². The Kier molecular flexibility index (Phi) is 6.12. The molecule has 1 unspecified atom stereocenters. The van der Waals surface area contributed by atoms with E-state index in [1.54, 1.807) is 32.7 Å². The maximum absolute atomic E-state index is 5.62. The smallest absolute Gasteiger partial charge is 0.203 e. The fraction of sp³-hybridized carbons (Fsp3) is 0.500. The first kappa shape index (κ1) is 18.0. The molecule has 3 rings (SSSR count). The fourth-order valence-corrected chi connectivity index (χ4v) is 3.87. The third-order valence-electron chi connectivity index (χ3n) is 4.20. The maximum atomic E-state index is 5.62. The van der Waals surface area contributed by atoms with Crippen molar-refractivity contribution in [2.45, 2.75) is 25.5 Å². The maximum Gasteiger partial charge on any atom is 0.203 e. The van der Waals surface area contributed by atoms with E-state index < -0.39 is 0 Å². The number of hydrogen-bond donors (Lipinski definition) is 1. The van der Waals surface area contributed by atoms with E-state index in [0.29, 0.717) is 23.4 Å². The van der Waals surface area contributed by atoms with Crippen LogP contribution in [-0.4, -0.2) is 45.6 Å². The third kappa shape index (κ3) is 4.05. The van der Waals surface area contributed by atoms with Crippen molar-refractivity contribution in [2.24, 2.45) is 0 Å². The van der Waals surface area contributed by atoms with Crippen molar-refractivity contribution < 1.29 is 18.9 Å². The highest BCUT2D eigenvalue weighted by molar-refractivity contribution is 7.15. The molecule has 1 aliphatic heterocycles. The zero-order chi connectivity index (χ0) is 17.6. The monoisotopic (exact) mass is 364 g/mol. The van der Waals surface area contributed by atoms with Crippen LogP contribution in [0.3, 0.4) is 0 Å². The minimum Gasteiger partial charge on any atom is -0.493 e. The van der Waals surface area contributed by atoms with E-state index >= 15 is 0 Å². The van der Waals surface area contributed by atoms with Gasteiger partial charge < -0.3 is 24.3 Å². The summed E-state index contributed by atoms with van der Waals surface area (Å²) in [6.07, 6.45) is 4.51. The Morgan fingerprint density at radius 1 is 1.20 bits per heavy atom. The van der Waals surface area contributed by atoms with E-state index in [4.69, 9.17) is 18.9 Å². The summed E-state index contributed by atoms with van der Waals surface area (Å²) in [5.41, 5.74) is 0.947. The van der Waals surface area contributed by atoms with Crippen LogP contribution in [0.2, 0.25) is 0 Å². The van der Waals surface area contributed by atoms with Crippen LogP contribution in [0.5, 0.6) is 17.2 Å². The Morgan fingerprint density at radius 2 is 2.04 bits per heavy atom. The quantitative estimate of drug-likeness (QED) is 0.777. The number of nitrogens with zero attached hydrogens (tertiary/aromatic N) is 1. The molecule has 0 bridgehead atoms. The zero-order valence-electron chi connectivity index (χ0n) is 14.8. The van der Waals surface area contributed by atoms with Gasteiger partial charge in [-0.25, -0.2) is 4.98 Å². The van der Waals surface area contributed by atoms with Gasteiger partial charge in [0.15, 0.2) is 11.5 Å². The molecule has 0 aliphatic carbocycles. The molecule has 0 saturated carbocycles. The average molecular weight is 364 g/mol. The fourth-order valence-electron chi connectivity index (χ4n) is 2.96. The van der Waals surface area contributed by atoms with Crippen LogP contribution < -0.4 is 19.5 Å². The molecule has 0 amide bonds. The van der Waals surface area contributed by atoms with Gasteiger partial charge in [0.2, 0.25) is 5.75 Å². The Labute approximate surface area is 152 Å². The standard InChI is InChI=1S/C18H24N2O4S/c1-21-14-7-6-13(17(22-2)18(14)23-3)15-10-20-16(25-15)11-19-9-12-5-4-8-24-12/h6-7,10,12,19H,4-5,8-9,11H2,1-3H3. The highest BCUT2D eigenvalue weighted by Gasteiger charge is 2.19. The Morgan fingerprint density at radius 3 is 2.72 bits per heavy atom. The first-order valence-electron chi connectivity index (χ1n) is 8.33. The average Bonchev–Trinajstić information content (AvgIpc) is 3.32. The highest BCUT2D eigenvalue weighted by atomic mass is 32.1. The molecule has 0 radical (unpaired) electrons. The normalized spacial score (nSPS) is 16.8. The Bertz CT molecular complexity index is 698. The third-order valence-corrected chi connectivity index (χ3v) is 5.23. The molecule has 7 heteroatoms. The molecule has 1 aliphatic rings. The molecular weight excluding hydrogens is 340 g/mol. The number of ether oxygens (including phenoxy) is 4. The molecular formula is C18H24N2O4S. The lowest BCUT2D eigenvalue weighted by molar-refractivity contribution is 0.110. The first-order valence-corrected chi connectivity index (χ1v) is 9.14. The van der Waals surface area contributed by atoms with Gasteiger partial charge in [0.25, 0.3) is 0 Å². The van der Waals surface area contributed by atoms with Crippen LogP contribution in [-0.2, 0) is 11.3 Å². The minimum atomic E-state index is 0.338. The van der Waals surface area contributed by atoms with Gasteiger partial charge in [0, 0.05) is 31.5 Å². The van der Waals surface area contributed by atoms with Gasteiger partial charge in [-0.1, -0.05) is 0 Å². The predicted molar refractivity (Wildman–Crippen MR) is 97.9 cm³/mol. The molecule has 25 heavy (non-hydrogen) atoms. The number of rotatable bonds is 8. The van der Waals surface area contributed by atoms with Gasteiger partial charge in [0.05, 0.1) is 32.3 Å². The van der Waals surface area contributed by atoms with E-state index in [-0.39, 0.29) is 0 Å². The predicted octanol–water partition coefficient (Wildman–Crippen LogP) is 3.10. The Hall–Kier alpha value is -1.83. The summed E-state index contributed by atoms with van der Waals surface area (Å²) < 4.78 is 22.0. The van der Waals surface area contributed by atoms with Crippen LogP contribution in [0.4, 0.5) is 0 Å². The lowest BCUT2D eigenvalue weighted by Crippen LogP contribution is -2.25. The molecule has 1 atom stereocenters. The van der Waals surface area contributed by atoms with Crippen LogP contribution in [0.1, 0.15) is 17.8 Å². The number of benzene rings is 1. The first-order chi connectivity index (χ1) is 12.3. The lowest BCUT2D eigenvalue weighted by Gasteiger charge is -2.14. The summed E-state index contributed by atoms with van der Waals surface area (Å²) in [6.45, 7) is 2.49. The van der Waals surface area contributed by atoms with E-state index in [1.807, 2.05) is 18.3 Å². The summed E-state index contributed by atoms with van der Waals surface area (Å²) in [7, 11) is 4.85. The number of hydrogen-bond acceptors (Lipinski definition) is 7. The van der Waals surface area contributed by atoms with E-state index in [1.165, 1.54) is 0 Å². The van der Waals surface area contributed by atoms with Crippen molar-refractivity contribution in [3.8, 4) is 27.7 Å². The van der Waals surface area contributed by atoms with E-state index in [9.17, 15) is 0 Å². The molecule has 1 aromatic heterocycles. The van der Waals surface area contributed by atoms with Gasteiger partial charge >= 0.3 is 0 Å². The second-order valence-electron chi connectivity index (χ2n) is 5.77. The number of methoxy groups -OCH3 is 3. The van der Waals surface area contributed by atoms with Crippen molar-refractivity contribution in [3.05, 3.63) is 23.3 Å². The van der Waals surface area contributed by atoms with E-state index in [0.717, 1.165) is 48.0 Å². The number of thiazole rings is 1. The van der Waals surface area contributed by atoms with Crippen LogP contribution in [0.25, 0.3) is 10.4 Å². The summed E-state index contributed by atoms with van der Waals surface area (Å²) in [4.78, 5) is 5.55. The van der Waals surface area contributed by atoms with Gasteiger partial charge in [0.1, 0.15) is 5.01 Å². The van der Waals surface area contributed by atoms with E-state index in [2.05, 4.69) is 10.3 Å². The zero-order valence-corrected chi connectivity index (χ0v) is 15.6. The molecule has 0 spiro atoms. The topological polar surface area (TPSA) is 61.8 Å². The van der Waals surface area contributed by atoms with Crippen molar-refractivity contribution >= 4 is 11.3 Å². The number of nitrogens with one attached hydrogen (secondary N) is 1.